The first kappa shape index (κ1) is 12.9. The molecule has 7 heteroatoms. The zero-order valence-corrected chi connectivity index (χ0v) is 12.4. The van der Waals surface area contributed by atoms with Gasteiger partial charge in [-0.2, -0.15) is 9.97 Å². The minimum Gasteiger partial charge on any atom is -0.364 e. The Hall–Kier alpha value is -2.15. The number of benzene rings is 1. The zero-order valence-electron chi connectivity index (χ0n) is 10.8. The highest BCUT2D eigenvalue weighted by Gasteiger charge is 2.08. The van der Waals surface area contributed by atoms with Gasteiger partial charge in [-0.15, -0.1) is 0 Å². The van der Waals surface area contributed by atoms with Gasteiger partial charge in [0, 0.05) is 18.1 Å². The number of H-pyrrole nitrogens is 1. The fraction of sp³-hybridized carbons (Fsp3) is 0.154. The third-order valence-corrected chi connectivity index (χ3v) is 3.35. The van der Waals surface area contributed by atoms with Gasteiger partial charge in [-0.05, 0) is 17.7 Å². The van der Waals surface area contributed by atoms with Gasteiger partial charge in [0.1, 0.15) is 5.52 Å². The number of hydrogen-bond donors (Lipinski definition) is 3. The molecule has 0 radical (unpaired) electrons. The first-order chi connectivity index (χ1) is 9.76. The second kappa shape index (κ2) is 5.46. The molecule has 0 aliphatic rings. The Kier molecular flexibility index (Phi) is 3.51. The van der Waals surface area contributed by atoms with Crippen LogP contribution < -0.4 is 10.6 Å². The smallest absolute Gasteiger partial charge is 0.226 e. The Morgan fingerprint density at radius 1 is 1.30 bits per heavy atom. The Labute approximate surface area is 124 Å². The van der Waals surface area contributed by atoms with Gasteiger partial charge in [0.25, 0.3) is 0 Å². The van der Waals surface area contributed by atoms with E-state index in [1.807, 2.05) is 12.1 Å². The summed E-state index contributed by atoms with van der Waals surface area (Å²) in [6, 6.07) is 8.13. The van der Waals surface area contributed by atoms with Crippen molar-refractivity contribution in [3.8, 4) is 0 Å². The van der Waals surface area contributed by atoms with Crippen LogP contribution in [0.1, 0.15) is 5.56 Å². The van der Waals surface area contributed by atoms with Gasteiger partial charge < -0.3 is 15.6 Å². The Balaban J connectivity index is 1.88. The van der Waals surface area contributed by atoms with E-state index in [1.165, 1.54) is 0 Å². The average molecular weight is 333 g/mol. The lowest BCUT2D eigenvalue weighted by Crippen LogP contribution is -2.05. The largest absolute Gasteiger partial charge is 0.364 e. The summed E-state index contributed by atoms with van der Waals surface area (Å²) in [5.74, 6) is 1.28. The number of imidazole rings is 1. The van der Waals surface area contributed by atoms with E-state index in [-0.39, 0.29) is 0 Å². The maximum atomic E-state index is 4.41. The summed E-state index contributed by atoms with van der Waals surface area (Å²) in [4.78, 5) is 15.9. The second-order valence-corrected chi connectivity index (χ2v) is 5.15. The first-order valence-corrected chi connectivity index (χ1v) is 6.93. The molecular weight excluding hydrogens is 320 g/mol. The minimum absolute atomic E-state index is 0.543. The summed E-state index contributed by atoms with van der Waals surface area (Å²) in [5, 5.41) is 6.24. The molecule has 0 fully saturated rings. The molecule has 3 N–H and O–H groups in total. The number of anilines is 2. The van der Waals surface area contributed by atoms with Gasteiger partial charge >= 0.3 is 0 Å². The van der Waals surface area contributed by atoms with Crippen LogP contribution in [-0.2, 0) is 6.54 Å². The van der Waals surface area contributed by atoms with Gasteiger partial charge in [-0.25, -0.2) is 4.98 Å². The topological polar surface area (TPSA) is 78.5 Å². The molecule has 0 unspecified atom stereocenters. The van der Waals surface area contributed by atoms with Crippen LogP contribution in [0.2, 0.25) is 0 Å². The number of aromatic nitrogens is 4. The van der Waals surface area contributed by atoms with Gasteiger partial charge in [-0.3, -0.25) is 0 Å². The maximum absolute atomic E-state index is 4.41. The second-order valence-electron chi connectivity index (χ2n) is 4.23. The molecular formula is C13H13BrN6. The van der Waals surface area contributed by atoms with Crippen LogP contribution in [0, 0.1) is 0 Å². The molecule has 3 aromatic rings. The van der Waals surface area contributed by atoms with E-state index in [2.05, 4.69) is 58.6 Å². The van der Waals surface area contributed by atoms with E-state index in [0.29, 0.717) is 18.1 Å². The Morgan fingerprint density at radius 2 is 2.20 bits per heavy atom. The molecule has 2 aromatic heterocycles. The summed E-state index contributed by atoms with van der Waals surface area (Å²) in [6.45, 7) is 0.674. The standard InChI is InChI=1S/C13H13BrN6/c1-15-13-19-11(10-12(20-13)18-7-17-10)16-6-8-3-2-4-9(14)5-8/h2-5,7H,6H2,1H3,(H3,15,16,17,18,19,20). The summed E-state index contributed by atoms with van der Waals surface area (Å²) in [6.07, 6.45) is 1.61. The van der Waals surface area contributed by atoms with Crippen LogP contribution in [0.25, 0.3) is 11.2 Å². The van der Waals surface area contributed by atoms with Crippen molar-refractivity contribution in [3.63, 3.8) is 0 Å². The van der Waals surface area contributed by atoms with Crippen LogP contribution in [0.5, 0.6) is 0 Å². The highest BCUT2D eigenvalue weighted by atomic mass is 79.9. The van der Waals surface area contributed by atoms with Crippen LogP contribution in [0.4, 0.5) is 11.8 Å². The molecule has 0 amide bonds. The number of aromatic amines is 1. The molecule has 3 rings (SSSR count). The van der Waals surface area contributed by atoms with E-state index in [0.717, 1.165) is 21.4 Å². The molecule has 0 saturated heterocycles. The predicted molar refractivity (Wildman–Crippen MR) is 82.7 cm³/mol. The molecule has 0 spiro atoms. The van der Waals surface area contributed by atoms with Crippen molar-refractivity contribution in [1.29, 1.82) is 0 Å². The highest BCUT2D eigenvalue weighted by molar-refractivity contribution is 9.10. The fourth-order valence-electron chi connectivity index (χ4n) is 1.91. The zero-order chi connectivity index (χ0) is 13.9. The molecule has 0 saturated carbocycles. The van der Waals surface area contributed by atoms with Gasteiger partial charge in [0.15, 0.2) is 11.5 Å². The van der Waals surface area contributed by atoms with E-state index in [1.54, 1.807) is 13.4 Å². The van der Waals surface area contributed by atoms with Crippen molar-refractivity contribution in [1.82, 2.24) is 19.9 Å². The molecule has 0 aliphatic heterocycles. The van der Waals surface area contributed by atoms with E-state index in [4.69, 9.17) is 0 Å². The molecule has 0 aliphatic carbocycles. The quantitative estimate of drug-likeness (QED) is 0.684. The summed E-state index contributed by atoms with van der Waals surface area (Å²) >= 11 is 3.47. The van der Waals surface area contributed by atoms with E-state index >= 15 is 0 Å². The molecule has 102 valence electrons. The van der Waals surface area contributed by atoms with Gasteiger partial charge in [0.05, 0.1) is 6.33 Å². The van der Waals surface area contributed by atoms with Crippen molar-refractivity contribution in [3.05, 3.63) is 40.6 Å². The normalized spacial score (nSPS) is 10.7. The number of nitrogens with zero attached hydrogens (tertiary/aromatic N) is 3. The SMILES string of the molecule is CNc1nc(NCc2cccc(Br)c2)c2[nH]cnc2n1. The van der Waals surface area contributed by atoms with E-state index in [9.17, 15) is 0 Å². The Bertz CT molecular complexity index is 739. The lowest BCUT2D eigenvalue weighted by atomic mass is 10.2. The predicted octanol–water partition coefficient (Wildman–Crippen LogP) is 2.77. The lowest BCUT2D eigenvalue weighted by molar-refractivity contribution is 1.09. The van der Waals surface area contributed by atoms with Crippen molar-refractivity contribution in [2.75, 3.05) is 17.7 Å². The third-order valence-electron chi connectivity index (χ3n) is 2.86. The number of rotatable bonds is 4. The van der Waals surface area contributed by atoms with E-state index < -0.39 is 0 Å². The number of nitrogens with one attached hydrogen (secondary N) is 3. The van der Waals surface area contributed by atoms with Gasteiger partial charge in [0.2, 0.25) is 5.95 Å². The maximum Gasteiger partial charge on any atom is 0.226 e. The summed E-state index contributed by atoms with van der Waals surface area (Å²) in [7, 11) is 1.78. The summed E-state index contributed by atoms with van der Waals surface area (Å²) in [5.41, 5.74) is 2.61. The monoisotopic (exact) mass is 332 g/mol. The third kappa shape index (κ3) is 2.57. The van der Waals surface area contributed by atoms with Crippen molar-refractivity contribution in [2.45, 2.75) is 6.54 Å². The van der Waals surface area contributed by atoms with Crippen LogP contribution in [0.3, 0.4) is 0 Å². The Morgan fingerprint density at radius 3 is 3.00 bits per heavy atom. The molecule has 0 atom stereocenters. The molecule has 6 nitrogen and oxygen atoms in total. The fourth-order valence-corrected chi connectivity index (χ4v) is 2.35. The highest BCUT2D eigenvalue weighted by Crippen LogP contribution is 2.19. The molecule has 2 heterocycles. The number of fused-ring (bicyclic) bond motifs is 1. The van der Waals surface area contributed by atoms with Gasteiger partial charge in [-0.1, -0.05) is 28.1 Å². The average Bonchev–Trinajstić information content (AvgIpc) is 2.93. The van der Waals surface area contributed by atoms with Crippen LogP contribution >= 0.6 is 15.9 Å². The van der Waals surface area contributed by atoms with Crippen molar-refractivity contribution >= 4 is 38.9 Å². The number of hydrogen-bond acceptors (Lipinski definition) is 5. The minimum atomic E-state index is 0.543. The number of halogens is 1. The summed E-state index contributed by atoms with van der Waals surface area (Å²) < 4.78 is 1.06. The first-order valence-electron chi connectivity index (χ1n) is 6.13. The molecule has 1 aromatic carbocycles. The molecule has 0 bridgehead atoms. The van der Waals surface area contributed by atoms with Crippen molar-refractivity contribution < 1.29 is 0 Å². The van der Waals surface area contributed by atoms with Crippen LogP contribution in [0.15, 0.2) is 35.1 Å². The molecule has 20 heavy (non-hydrogen) atoms. The lowest BCUT2D eigenvalue weighted by Gasteiger charge is -2.08. The van der Waals surface area contributed by atoms with Crippen molar-refractivity contribution in [2.24, 2.45) is 0 Å². The van der Waals surface area contributed by atoms with Crippen LogP contribution in [-0.4, -0.2) is 27.0 Å².